The number of ether oxygens (including phenoxy) is 1. The summed E-state index contributed by atoms with van der Waals surface area (Å²) in [5.74, 6) is -0.552. The van der Waals surface area contributed by atoms with Crippen LogP contribution < -0.4 is 10.1 Å². The molecule has 0 atom stereocenters. The molecule has 116 valence electrons. The molecule has 0 bridgehead atoms. The van der Waals surface area contributed by atoms with Gasteiger partial charge >= 0.3 is 0 Å². The van der Waals surface area contributed by atoms with E-state index in [4.69, 9.17) is 9.84 Å². The predicted octanol–water partition coefficient (Wildman–Crippen LogP) is 2.37. The minimum atomic E-state index is -0.468. The van der Waals surface area contributed by atoms with Crippen LogP contribution in [0.25, 0.3) is 6.08 Å². The van der Waals surface area contributed by atoms with Gasteiger partial charge in [0.15, 0.2) is 11.6 Å². The van der Waals surface area contributed by atoms with Crippen molar-refractivity contribution in [2.24, 2.45) is 5.41 Å². The number of benzene rings is 1. The summed E-state index contributed by atoms with van der Waals surface area (Å²) in [4.78, 5) is 11.7. The molecule has 0 saturated heterocycles. The summed E-state index contributed by atoms with van der Waals surface area (Å²) in [6, 6.07) is 4.48. The number of methoxy groups -OCH3 is 1. The minimum absolute atomic E-state index is 0.0871. The highest BCUT2D eigenvalue weighted by Crippen LogP contribution is 2.19. The molecule has 4 nitrogen and oxygen atoms in total. The first-order valence-corrected chi connectivity index (χ1v) is 6.78. The van der Waals surface area contributed by atoms with Crippen molar-refractivity contribution >= 4 is 12.0 Å². The fraction of sp³-hybridized carbons (Fsp3) is 0.438. The van der Waals surface area contributed by atoms with E-state index in [2.05, 4.69) is 5.32 Å². The van der Waals surface area contributed by atoms with Gasteiger partial charge in [0.1, 0.15) is 0 Å². The van der Waals surface area contributed by atoms with Crippen LogP contribution in [0.15, 0.2) is 24.3 Å². The van der Waals surface area contributed by atoms with Crippen LogP contribution in [-0.4, -0.2) is 31.3 Å². The van der Waals surface area contributed by atoms with Crippen molar-refractivity contribution in [1.29, 1.82) is 0 Å². The molecule has 0 saturated carbocycles. The van der Waals surface area contributed by atoms with Crippen LogP contribution in [0, 0.1) is 11.2 Å². The van der Waals surface area contributed by atoms with Crippen molar-refractivity contribution in [3.05, 3.63) is 35.7 Å². The van der Waals surface area contributed by atoms with E-state index in [0.717, 1.165) is 0 Å². The average Bonchev–Trinajstić information content (AvgIpc) is 2.43. The minimum Gasteiger partial charge on any atom is -0.494 e. The van der Waals surface area contributed by atoms with Crippen LogP contribution in [0.5, 0.6) is 5.75 Å². The number of carbonyl (C=O) groups excluding carboxylic acids is 1. The normalized spacial score (nSPS) is 11.7. The van der Waals surface area contributed by atoms with E-state index in [1.54, 1.807) is 6.07 Å². The Labute approximate surface area is 124 Å². The van der Waals surface area contributed by atoms with Crippen LogP contribution in [0.1, 0.15) is 25.8 Å². The van der Waals surface area contributed by atoms with Crippen LogP contribution in [0.3, 0.4) is 0 Å². The smallest absolute Gasteiger partial charge is 0.244 e. The van der Waals surface area contributed by atoms with Gasteiger partial charge in [-0.2, -0.15) is 0 Å². The molecule has 0 heterocycles. The number of rotatable bonds is 7. The lowest BCUT2D eigenvalue weighted by atomic mass is 9.90. The van der Waals surface area contributed by atoms with Gasteiger partial charge in [0.25, 0.3) is 0 Å². The quantitative estimate of drug-likeness (QED) is 0.759. The number of aliphatic hydroxyl groups excluding tert-OH is 1. The predicted molar refractivity (Wildman–Crippen MR) is 80.5 cm³/mol. The van der Waals surface area contributed by atoms with E-state index in [0.29, 0.717) is 18.5 Å². The maximum atomic E-state index is 13.5. The van der Waals surface area contributed by atoms with Gasteiger partial charge in [0.2, 0.25) is 5.91 Å². The fourth-order valence-electron chi connectivity index (χ4n) is 1.73. The fourth-order valence-corrected chi connectivity index (χ4v) is 1.73. The first-order chi connectivity index (χ1) is 9.88. The van der Waals surface area contributed by atoms with Crippen LogP contribution in [0.2, 0.25) is 0 Å². The summed E-state index contributed by atoms with van der Waals surface area (Å²) < 4.78 is 18.3. The topological polar surface area (TPSA) is 58.6 Å². The molecule has 2 N–H and O–H groups in total. The molecule has 1 aromatic carbocycles. The average molecular weight is 295 g/mol. The molecule has 0 aliphatic rings. The molecule has 1 rings (SSSR count). The molecule has 0 aliphatic carbocycles. The van der Waals surface area contributed by atoms with E-state index in [-0.39, 0.29) is 23.7 Å². The zero-order valence-corrected chi connectivity index (χ0v) is 12.6. The van der Waals surface area contributed by atoms with Crippen LogP contribution in [0.4, 0.5) is 4.39 Å². The lowest BCUT2D eigenvalue weighted by Gasteiger charge is -2.23. The van der Waals surface area contributed by atoms with Gasteiger partial charge in [0, 0.05) is 19.2 Å². The van der Waals surface area contributed by atoms with Crippen molar-refractivity contribution < 1.29 is 19.0 Å². The molecule has 1 aromatic rings. The Hall–Kier alpha value is -1.88. The first kappa shape index (κ1) is 17.2. The maximum Gasteiger partial charge on any atom is 0.244 e. The van der Waals surface area contributed by atoms with Crippen molar-refractivity contribution in [2.45, 2.75) is 20.3 Å². The molecule has 0 radical (unpaired) electrons. The van der Waals surface area contributed by atoms with Crippen molar-refractivity contribution in [1.82, 2.24) is 5.32 Å². The van der Waals surface area contributed by atoms with E-state index >= 15 is 0 Å². The zero-order valence-electron chi connectivity index (χ0n) is 12.6. The molecular weight excluding hydrogens is 273 g/mol. The number of halogens is 1. The van der Waals surface area contributed by atoms with E-state index in [1.165, 1.54) is 31.4 Å². The molecule has 0 aromatic heterocycles. The Bertz CT molecular complexity index is 512. The SMILES string of the molecule is COc1ccc(/C=C/C(=O)NCC(C)(C)CCO)cc1F. The van der Waals surface area contributed by atoms with E-state index in [1.807, 2.05) is 13.8 Å². The first-order valence-electron chi connectivity index (χ1n) is 6.78. The summed E-state index contributed by atoms with van der Waals surface area (Å²) in [5, 5.41) is 11.7. The molecule has 1 amide bonds. The van der Waals surface area contributed by atoms with Gasteiger partial charge in [-0.15, -0.1) is 0 Å². The van der Waals surface area contributed by atoms with Gasteiger partial charge in [-0.1, -0.05) is 19.9 Å². The Balaban J connectivity index is 2.56. The Morgan fingerprint density at radius 3 is 2.76 bits per heavy atom. The van der Waals surface area contributed by atoms with Crippen molar-refractivity contribution in [3.63, 3.8) is 0 Å². The third kappa shape index (κ3) is 5.95. The summed E-state index contributed by atoms with van der Waals surface area (Å²) in [5.41, 5.74) is 0.419. The summed E-state index contributed by atoms with van der Waals surface area (Å²) in [6.07, 6.45) is 3.51. The highest BCUT2D eigenvalue weighted by molar-refractivity contribution is 5.91. The Kier molecular flexibility index (Phi) is 6.37. The second-order valence-corrected chi connectivity index (χ2v) is 5.58. The third-order valence-electron chi connectivity index (χ3n) is 3.13. The van der Waals surface area contributed by atoms with Gasteiger partial charge in [-0.25, -0.2) is 4.39 Å². The molecular formula is C16H22FNO3. The zero-order chi connectivity index (χ0) is 15.9. The second kappa shape index (κ2) is 7.78. The van der Waals surface area contributed by atoms with Crippen LogP contribution >= 0.6 is 0 Å². The highest BCUT2D eigenvalue weighted by Gasteiger charge is 2.17. The summed E-state index contributed by atoms with van der Waals surface area (Å²) in [6.45, 7) is 4.48. The molecule has 0 fully saturated rings. The van der Waals surface area contributed by atoms with E-state index < -0.39 is 5.82 Å². The van der Waals surface area contributed by atoms with Gasteiger partial charge in [-0.3, -0.25) is 4.79 Å². The Morgan fingerprint density at radius 1 is 1.48 bits per heavy atom. The van der Waals surface area contributed by atoms with Gasteiger partial charge < -0.3 is 15.2 Å². The highest BCUT2D eigenvalue weighted by atomic mass is 19.1. The van der Waals surface area contributed by atoms with Gasteiger partial charge in [0.05, 0.1) is 7.11 Å². The molecule has 0 aliphatic heterocycles. The second-order valence-electron chi connectivity index (χ2n) is 5.58. The largest absolute Gasteiger partial charge is 0.494 e. The number of hydrogen-bond donors (Lipinski definition) is 2. The maximum absolute atomic E-state index is 13.5. The number of hydrogen-bond acceptors (Lipinski definition) is 3. The number of nitrogens with one attached hydrogen (secondary N) is 1. The van der Waals surface area contributed by atoms with E-state index in [9.17, 15) is 9.18 Å². The molecule has 0 spiro atoms. The van der Waals surface area contributed by atoms with Crippen molar-refractivity contribution in [3.8, 4) is 5.75 Å². The summed E-state index contributed by atoms with van der Waals surface area (Å²) >= 11 is 0. The van der Waals surface area contributed by atoms with Crippen LogP contribution in [-0.2, 0) is 4.79 Å². The number of aliphatic hydroxyl groups is 1. The molecule has 0 unspecified atom stereocenters. The monoisotopic (exact) mass is 295 g/mol. The number of amides is 1. The summed E-state index contributed by atoms with van der Waals surface area (Å²) in [7, 11) is 1.40. The number of carbonyl (C=O) groups is 1. The lowest BCUT2D eigenvalue weighted by Crippen LogP contribution is -2.33. The molecule has 5 heteroatoms. The van der Waals surface area contributed by atoms with Crippen molar-refractivity contribution in [2.75, 3.05) is 20.3 Å². The molecule has 21 heavy (non-hydrogen) atoms. The van der Waals surface area contributed by atoms with Gasteiger partial charge in [-0.05, 0) is 35.6 Å². The Morgan fingerprint density at radius 2 is 2.19 bits per heavy atom. The standard InChI is InChI=1S/C16H22FNO3/c1-16(2,8-9-19)11-18-15(20)7-5-12-4-6-14(21-3)13(17)10-12/h4-7,10,19H,8-9,11H2,1-3H3,(H,18,20)/b7-5+. The lowest BCUT2D eigenvalue weighted by molar-refractivity contribution is -0.116. The third-order valence-corrected chi connectivity index (χ3v) is 3.13.